The number of nitrogens with two attached hydrogens (primary N) is 1. The monoisotopic (exact) mass is 251 g/mol. The fraction of sp³-hybridized carbons (Fsp3) is 0.786. The largest absolute Gasteiger partial charge is 0.369 e. The van der Waals surface area contributed by atoms with Crippen LogP contribution in [0.25, 0.3) is 0 Å². The minimum Gasteiger partial charge on any atom is -0.369 e. The van der Waals surface area contributed by atoms with Crippen molar-refractivity contribution < 1.29 is 4.74 Å². The Morgan fingerprint density at radius 2 is 2.06 bits per heavy atom. The topological polar surface area (TPSA) is 53.1 Å². The molecule has 102 valence electrons. The van der Waals surface area contributed by atoms with Gasteiger partial charge in [-0.3, -0.25) is 4.68 Å². The van der Waals surface area contributed by atoms with Crippen molar-refractivity contribution >= 4 is 0 Å². The lowest BCUT2D eigenvalue weighted by atomic mass is 9.81. The first-order valence-corrected chi connectivity index (χ1v) is 6.92. The summed E-state index contributed by atoms with van der Waals surface area (Å²) in [6.45, 7) is 5.14. The molecule has 1 aliphatic carbocycles. The van der Waals surface area contributed by atoms with Crippen LogP contribution in [0.4, 0.5) is 0 Å². The predicted molar refractivity (Wildman–Crippen MR) is 72.1 cm³/mol. The molecule has 0 aromatic carbocycles. The van der Waals surface area contributed by atoms with Gasteiger partial charge < -0.3 is 10.5 Å². The lowest BCUT2D eigenvalue weighted by Crippen LogP contribution is -2.29. The Balaban J connectivity index is 1.97. The van der Waals surface area contributed by atoms with E-state index in [1.807, 2.05) is 19.4 Å². The van der Waals surface area contributed by atoms with Gasteiger partial charge >= 0.3 is 0 Å². The molecular weight excluding hydrogens is 226 g/mol. The minimum atomic E-state index is -0.0128. The zero-order valence-corrected chi connectivity index (χ0v) is 11.7. The maximum absolute atomic E-state index is 6.20. The third-order valence-corrected chi connectivity index (χ3v) is 3.80. The standard InChI is InChI=1S/C14H25N3O/c1-10-4-11(2)6-13(5-10)18-14(7-15)12-8-16-17(3)9-12/h8-11,13-14H,4-7,15H2,1-3H3. The summed E-state index contributed by atoms with van der Waals surface area (Å²) in [6, 6.07) is 0. The molecule has 0 spiro atoms. The van der Waals surface area contributed by atoms with Crippen LogP contribution in [-0.2, 0) is 11.8 Å². The first-order valence-electron chi connectivity index (χ1n) is 6.92. The Hall–Kier alpha value is -0.870. The summed E-state index contributed by atoms with van der Waals surface area (Å²) in [4.78, 5) is 0. The van der Waals surface area contributed by atoms with E-state index in [9.17, 15) is 0 Å². The van der Waals surface area contributed by atoms with Gasteiger partial charge in [0.1, 0.15) is 0 Å². The second kappa shape index (κ2) is 5.85. The van der Waals surface area contributed by atoms with Gasteiger partial charge in [-0.2, -0.15) is 5.10 Å². The van der Waals surface area contributed by atoms with Gasteiger partial charge in [0.2, 0.25) is 0 Å². The highest BCUT2D eigenvalue weighted by molar-refractivity contribution is 5.08. The molecule has 4 nitrogen and oxygen atoms in total. The quantitative estimate of drug-likeness (QED) is 0.893. The Labute approximate surface area is 110 Å². The summed E-state index contributed by atoms with van der Waals surface area (Å²) in [6.07, 6.45) is 7.81. The molecule has 3 unspecified atom stereocenters. The van der Waals surface area contributed by atoms with Crippen LogP contribution < -0.4 is 5.73 Å². The minimum absolute atomic E-state index is 0.0128. The second-order valence-electron chi connectivity index (χ2n) is 5.85. The van der Waals surface area contributed by atoms with Gasteiger partial charge in [0.05, 0.1) is 18.4 Å². The molecule has 1 aliphatic rings. The molecule has 1 aromatic rings. The number of hydrogen-bond acceptors (Lipinski definition) is 3. The van der Waals surface area contributed by atoms with Gasteiger partial charge in [-0.1, -0.05) is 13.8 Å². The Morgan fingerprint density at radius 3 is 2.56 bits per heavy atom. The van der Waals surface area contributed by atoms with Crippen molar-refractivity contribution in [2.24, 2.45) is 24.6 Å². The predicted octanol–water partition coefficient (Wildman–Crippen LogP) is 2.26. The molecule has 2 N–H and O–H groups in total. The Kier molecular flexibility index (Phi) is 4.40. The van der Waals surface area contributed by atoms with E-state index >= 15 is 0 Å². The molecule has 1 heterocycles. The van der Waals surface area contributed by atoms with E-state index in [4.69, 9.17) is 10.5 Å². The molecular formula is C14H25N3O. The van der Waals surface area contributed by atoms with Gasteiger partial charge in [-0.05, 0) is 31.1 Å². The molecule has 0 bridgehead atoms. The van der Waals surface area contributed by atoms with Crippen LogP contribution in [0.2, 0.25) is 0 Å². The third-order valence-electron chi connectivity index (χ3n) is 3.80. The SMILES string of the molecule is CC1CC(C)CC(OC(CN)c2cnn(C)c2)C1. The van der Waals surface area contributed by atoms with Crippen LogP contribution in [0.3, 0.4) is 0 Å². The maximum atomic E-state index is 6.20. The van der Waals surface area contributed by atoms with Crippen molar-refractivity contribution in [2.45, 2.75) is 45.3 Å². The molecule has 0 radical (unpaired) electrons. The lowest BCUT2D eigenvalue weighted by Gasteiger charge is -2.33. The molecule has 4 heteroatoms. The summed E-state index contributed by atoms with van der Waals surface area (Å²) in [7, 11) is 1.92. The number of ether oxygens (including phenoxy) is 1. The number of rotatable bonds is 4. The van der Waals surface area contributed by atoms with E-state index in [2.05, 4.69) is 18.9 Å². The average molecular weight is 251 g/mol. The highest BCUT2D eigenvalue weighted by Gasteiger charge is 2.27. The van der Waals surface area contributed by atoms with Gasteiger partial charge in [-0.15, -0.1) is 0 Å². The second-order valence-corrected chi connectivity index (χ2v) is 5.85. The van der Waals surface area contributed by atoms with Crippen molar-refractivity contribution in [1.82, 2.24) is 9.78 Å². The lowest BCUT2D eigenvalue weighted by molar-refractivity contribution is -0.0466. The van der Waals surface area contributed by atoms with Crippen molar-refractivity contribution in [2.75, 3.05) is 6.54 Å². The summed E-state index contributed by atoms with van der Waals surface area (Å²) in [5.41, 5.74) is 6.93. The smallest absolute Gasteiger partial charge is 0.0981 e. The number of hydrogen-bond donors (Lipinski definition) is 1. The molecule has 3 atom stereocenters. The Morgan fingerprint density at radius 1 is 1.39 bits per heavy atom. The van der Waals surface area contributed by atoms with Crippen LogP contribution in [0, 0.1) is 11.8 Å². The molecule has 0 amide bonds. The van der Waals surface area contributed by atoms with Gasteiger partial charge in [0.25, 0.3) is 0 Å². The van der Waals surface area contributed by atoms with Gasteiger partial charge in [0.15, 0.2) is 0 Å². The molecule has 1 aromatic heterocycles. The van der Waals surface area contributed by atoms with Crippen LogP contribution >= 0.6 is 0 Å². The third kappa shape index (κ3) is 3.33. The zero-order chi connectivity index (χ0) is 13.1. The molecule has 18 heavy (non-hydrogen) atoms. The zero-order valence-electron chi connectivity index (χ0n) is 11.7. The molecule has 1 fully saturated rings. The van der Waals surface area contributed by atoms with Crippen LogP contribution in [0.15, 0.2) is 12.4 Å². The molecule has 0 aliphatic heterocycles. The number of aromatic nitrogens is 2. The van der Waals surface area contributed by atoms with Crippen LogP contribution in [-0.4, -0.2) is 22.4 Å². The number of nitrogens with zero attached hydrogens (tertiary/aromatic N) is 2. The van der Waals surface area contributed by atoms with Gasteiger partial charge in [-0.25, -0.2) is 0 Å². The average Bonchev–Trinajstić information content (AvgIpc) is 2.71. The van der Waals surface area contributed by atoms with E-state index in [0.717, 1.165) is 30.2 Å². The molecule has 2 rings (SSSR count). The maximum Gasteiger partial charge on any atom is 0.0981 e. The van der Waals surface area contributed by atoms with Crippen molar-refractivity contribution in [3.8, 4) is 0 Å². The van der Waals surface area contributed by atoms with Crippen molar-refractivity contribution in [3.05, 3.63) is 18.0 Å². The molecule has 1 saturated carbocycles. The summed E-state index contributed by atoms with van der Waals surface area (Å²) >= 11 is 0. The van der Waals surface area contributed by atoms with Crippen LogP contribution in [0.5, 0.6) is 0 Å². The van der Waals surface area contributed by atoms with Crippen molar-refractivity contribution in [1.29, 1.82) is 0 Å². The first kappa shape index (κ1) is 13.6. The Bertz CT molecular complexity index is 367. The molecule has 0 saturated heterocycles. The summed E-state index contributed by atoms with van der Waals surface area (Å²) < 4.78 is 8.00. The van der Waals surface area contributed by atoms with E-state index < -0.39 is 0 Å². The van der Waals surface area contributed by atoms with E-state index in [0.29, 0.717) is 12.6 Å². The van der Waals surface area contributed by atoms with E-state index in [1.54, 1.807) is 4.68 Å². The van der Waals surface area contributed by atoms with E-state index in [-0.39, 0.29) is 6.10 Å². The first-order chi connectivity index (χ1) is 8.58. The fourth-order valence-electron chi connectivity index (χ4n) is 3.09. The summed E-state index contributed by atoms with van der Waals surface area (Å²) in [5.74, 6) is 1.51. The highest BCUT2D eigenvalue weighted by Crippen LogP contribution is 2.33. The summed E-state index contributed by atoms with van der Waals surface area (Å²) in [5, 5.41) is 4.19. The normalized spacial score (nSPS) is 30.3. The van der Waals surface area contributed by atoms with Crippen molar-refractivity contribution in [3.63, 3.8) is 0 Å². The fourth-order valence-corrected chi connectivity index (χ4v) is 3.09. The number of aryl methyl sites for hydroxylation is 1. The van der Waals surface area contributed by atoms with Crippen LogP contribution in [0.1, 0.15) is 44.8 Å². The van der Waals surface area contributed by atoms with Gasteiger partial charge in [0, 0.05) is 25.4 Å². The highest BCUT2D eigenvalue weighted by atomic mass is 16.5. The van der Waals surface area contributed by atoms with E-state index in [1.165, 1.54) is 6.42 Å².